The number of para-hydroxylation sites is 1. The summed E-state index contributed by atoms with van der Waals surface area (Å²) in [6.07, 6.45) is 0.644. The van der Waals surface area contributed by atoms with Crippen molar-refractivity contribution in [3.63, 3.8) is 0 Å². The van der Waals surface area contributed by atoms with Crippen LogP contribution in [0.4, 0.5) is 5.69 Å². The van der Waals surface area contributed by atoms with E-state index in [1.807, 2.05) is 48.5 Å². The zero-order valence-electron chi connectivity index (χ0n) is 15.7. The van der Waals surface area contributed by atoms with E-state index in [0.29, 0.717) is 25.2 Å². The highest BCUT2D eigenvalue weighted by atomic mass is 16.2. The van der Waals surface area contributed by atoms with Gasteiger partial charge in [-0.2, -0.15) is 0 Å². The van der Waals surface area contributed by atoms with Gasteiger partial charge >= 0.3 is 0 Å². The zero-order valence-corrected chi connectivity index (χ0v) is 15.7. The maximum absolute atomic E-state index is 13.3. The number of amides is 2. The van der Waals surface area contributed by atoms with Crippen molar-refractivity contribution in [2.24, 2.45) is 0 Å². The van der Waals surface area contributed by atoms with E-state index in [-0.39, 0.29) is 11.8 Å². The molecule has 1 spiro atoms. The fourth-order valence-electron chi connectivity index (χ4n) is 4.93. The number of nitrogens with zero attached hydrogens (tertiary/aromatic N) is 1. The predicted molar refractivity (Wildman–Crippen MR) is 113 cm³/mol. The Morgan fingerprint density at radius 1 is 0.966 bits per heavy atom. The van der Waals surface area contributed by atoms with Crippen molar-refractivity contribution in [3.8, 4) is 0 Å². The van der Waals surface area contributed by atoms with Gasteiger partial charge < -0.3 is 15.2 Å². The number of benzene rings is 3. The highest BCUT2D eigenvalue weighted by Crippen LogP contribution is 2.44. The Morgan fingerprint density at radius 3 is 2.72 bits per heavy atom. The van der Waals surface area contributed by atoms with Gasteiger partial charge in [-0.25, -0.2) is 0 Å². The molecule has 1 aromatic heterocycles. The van der Waals surface area contributed by atoms with Crippen molar-refractivity contribution < 1.29 is 9.59 Å². The Kier molecular flexibility index (Phi) is 3.22. The van der Waals surface area contributed by atoms with Gasteiger partial charge in [0.2, 0.25) is 5.91 Å². The molecule has 0 aliphatic carbocycles. The van der Waals surface area contributed by atoms with Crippen molar-refractivity contribution in [1.29, 1.82) is 0 Å². The molecule has 5 nitrogen and oxygen atoms in total. The summed E-state index contributed by atoms with van der Waals surface area (Å²) >= 11 is 0. The average molecular weight is 381 g/mol. The molecule has 0 saturated carbocycles. The summed E-state index contributed by atoms with van der Waals surface area (Å²) in [4.78, 5) is 31.1. The number of anilines is 1. The summed E-state index contributed by atoms with van der Waals surface area (Å²) in [5.74, 6) is -0.0593. The van der Waals surface area contributed by atoms with Gasteiger partial charge in [0.15, 0.2) is 0 Å². The molecule has 1 saturated heterocycles. The van der Waals surface area contributed by atoms with Crippen LogP contribution >= 0.6 is 0 Å². The molecule has 0 bridgehead atoms. The molecule has 4 aromatic rings. The standard InChI is InChI=1S/C24H19N3O2/c28-22(21-13-17-16-6-2-1-5-15(16)9-10-19(17)25-21)27-12-11-24(14-27)18-7-3-4-8-20(18)26-23(24)29/h1-10,13,25H,11-12,14H2,(H,26,29). The first kappa shape index (κ1) is 16.4. The predicted octanol–water partition coefficient (Wildman–Crippen LogP) is 4.06. The molecule has 142 valence electrons. The van der Waals surface area contributed by atoms with Gasteiger partial charge in [0.25, 0.3) is 5.91 Å². The number of nitrogens with one attached hydrogen (secondary N) is 2. The Hall–Kier alpha value is -3.60. The molecule has 1 fully saturated rings. The lowest BCUT2D eigenvalue weighted by Gasteiger charge is -2.22. The maximum atomic E-state index is 13.3. The van der Waals surface area contributed by atoms with E-state index in [1.54, 1.807) is 4.90 Å². The molecular weight excluding hydrogens is 362 g/mol. The second-order valence-corrected chi connectivity index (χ2v) is 7.99. The number of aromatic amines is 1. The second-order valence-electron chi connectivity index (χ2n) is 7.99. The van der Waals surface area contributed by atoms with Crippen LogP contribution in [-0.2, 0) is 10.2 Å². The van der Waals surface area contributed by atoms with Crippen LogP contribution in [0.15, 0.2) is 66.7 Å². The smallest absolute Gasteiger partial charge is 0.270 e. The number of H-pyrrole nitrogens is 1. The number of rotatable bonds is 1. The lowest BCUT2D eigenvalue weighted by molar-refractivity contribution is -0.120. The molecule has 2 aliphatic rings. The Labute approximate surface area is 167 Å². The first-order valence-electron chi connectivity index (χ1n) is 9.86. The van der Waals surface area contributed by atoms with Crippen molar-refractivity contribution in [1.82, 2.24) is 9.88 Å². The summed E-state index contributed by atoms with van der Waals surface area (Å²) in [7, 11) is 0. The van der Waals surface area contributed by atoms with E-state index >= 15 is 0 Å². The normalized spacial score (nSPS) is 20.6. The van der Waals surface area contributed by atoms with Crippen molar-refractivity contribution >= 4 is 39.2 Å². The summed E-state index contributed by atoms with van der Waals surface area (Å²) in [6, 6.07) is 22.0. The van der Waals surface area contributed by atoms with Crippen molar-refractivity contribution in [2.75, 3.05) is 18.4 Å². The van der Waals surface area contributed by atoms with Gasteiger partial charge in [-0.15, -0.1) is 0 Å². The molecule has 5 heteroatoms. The number of carbonyl (C=O) groups is 2. The van der Waals surface area contributed by atoms with E-state index in [4.69, 9.17) is 0 Å². The molecule has 1 atom stereocenters. The molecular formula is C24H19N3O2. The van der Waals surface area contributed by atoms with E-state index in [0.717, 1.165) is 32.9 Å². The van der Waals surface area contributed by atoms with Crippen LogP contribution in [0.1, 0.15) is 22.5 Å². The number of hydrogen-bond donors (Lipinski definition) is 2. The average Bonchev–Trinajstić information content (AvgIpc) is 3.45. The van der Waals surface area contributed by atoms with E-state index in [2.05, 4.69) is 28.5 Å². The van der Waals surface area contributed by atoms with Crippen molar-refractivity contribution in [2.45, 2.75) is 11.8 Å². The van der Waals surface area contributed by atoms with Crippen LogP contribution in [0.25, 0.3) is 21.7 Å². The third-order valence-electron chi connectivity index (χ3n) is 6.44. The molecule has 29 heavy (non-hydrogen) atoms. The van der Waals surface area contributed by atoms with E-state index < -0.39 is 5.41 Å². The molecule has 1 unspecified atom stereocenters. The fraction of sp³-hybridized carbons (Fsp3) is 0.167. The molecule has 2 N–H and O–H groups in total. The van der Waals surface area contributed by atoms with Gasteiger partial charge in [0.05, 0.1) is 5.41 Å². The van der Waals surface area contributed by atoms with Gasteiger partial charge in [-0.1, -0.05) is 48.5 Å². The van der Waals surface area contributed by atoms with Crippen LogP contribution < -0.4 is 5.32 Å². The third kappa shape index (κ3) is 2.21. The second kappa shape index (κ2) is 5.70. The minimum Gasteiger partial charge on any atom is -0.351 e. The molecule has 3 aromatic carbocycles. The van der Waals surface area contributed by atoms with Gasteiger partial charge in [0.1, 0.15) is 5.69 Å². The molecule has 6 rings (SSSR count). The number of hydrogen-bond acceptors (Lipinski definition) is 2. The van der Waals surface area contributed by atoms with E-state index in [1.165, 1.54) is 0 Å². The van der Waals surface area contributed by atoms with Crippen LogP contribution in [0.2, 0.25) is 0 Å². The molecule has 2 aliphatic heterocycles. The first-order valence-corrected chi connectivity index (χ1v) is 9.86. The Bertz CT molecular complexity index is 1320. The highest BCUT2D eigenvalue weighted by Gasteiger charge is 2.52. The molecule has 2 amide bonds. The largest absolute Gasteiger partial charge is 0.351 e. The topological polar surface area (TPSA) is 65.2 Å². The van der Waals surface area contributed by atoms with Gasteiger partial charge in [0, 0.05) is 29.7 Å². The first-order chi connectivity index (χ1) is 14.2. The molecule has 0 radical (unpaired) electrons. The van der Waals surface area contributed by atoms with Crippen LogP contribution in [0.3, 0.4) is 0 Å². The lowest BCUT2D eigenvalue weighted by Crippen LogP contribution is -2.39. The number of likely N-dealkylation sites (tertiary alicyclic amines) is 1. The van der Waals surface area contributed by atoms with Crippen LogP contribution in [0.5, 0.6) is 0 Å². The fourth-order valence-corrected chi connectivity index (χ4v) is 4.93. The summed E-state index contributed by atoms with van der Waals surface area (Å²) < 4.78 is 0. The minimum absolute atomic E-state index is 0.00311. The number of carbonyl (C=O) groups excluding carboxylic acids is 2. The van der Waals surface area contributed by atoms with Gasteiger partial charge in [-0.3, -0.25) is 9.59 Å². The number of fused-ring (bicyclic) bond motifs is 5. The van der Waals surface area contributed by atoms with Crippen molar-refractivity contribution in [3.05, 3.63) is 78.0 Å². The summed E-state index contributed by atoms with van der Waals surface area (Å²) in [5.41, 5.74) is 2.75. The monoisotopic (exact) mass is 381 g/mol. The SMILES string of the molecule is O=C(c1cc2c(ccc3ccccc32)[nH]1)N1CCC2(C1)C(=O)Nc1ccccc12. The quantitative estimate of drug-likeness (QED) is 0.522. The maximum Gasteiger partial charge on any atom is 0.270 e. The van der Waals surface area contributed by atoms with E-state index in [9.17, 15) is 9.59 Å². The third-order valence-corrected chi connectivity index (χ3v) is 6.44. The van der Waals surface area contributed by atoms with Gasteiger partial charge in [-0.05, 0) is 41.0 Å². The summed E-state index contributed by atoms with van der Waals surface area (Å²) in [5, 5.41) is 6.31. The minimum atomic E-state index is -0.634. The van der Waals surface area contributed by atoms with Crippen LogP contribution in [-0.4, -0.2) is 34.8 Å². The number of aromatic nitrogens is 1. The Morgan fingerprint density at radius 2 is 1.79 bits per heavy atom. The lowest BCUT2D eigenvalue weighted by atomic mass is 9.81. The highest BCUT2D eigenvalue weighted by molar-refractivity contribution is 6.11. The summed E-state index contributed by atoms with van der Waals surface area (Å²) in [6.45, 7) is 0.974. The van der Waals surface area contributed by atoms with Crippen LogP contribution in [0, 0.1) is 0 Å². The molecule has 3 heterocycles. The Balaban J connectivity index is 1.36. The zero-order chi connectivity index (χ0) is 19.6.